The minimum atomic E-state index is -0.572. The Balaban J connectivity index is 1.73. The molecule has 1 heterocycles. The lowest BCUT2D eigenvalue weighted by atomic mass is 9.77. The average molecular weight is 451 g/mol. The van der Waals surface area contributed by atoms with Crippen LogP contribution >= 0.6 is 15.9 Å². The summed E-state index contributed by atoms with van der Waals surface area (Å²) in [7, 11) is 0. The summed E-state index contributed by atoms with van der Waals surface area (Å²) in [6, 6.07) is 17.5. The quantitative estimate of drug-likeness (QED) is 0.719. The van der Waals surface area contributed by atoms with Gasteiger partial charge < -0.3 is 15.2 Å². The van der Waals surface area contributed by atoms with Crippen molar-refractivity contribution in [1.82, 2.24) is 0 Å². The fourth-order valence-corrected chi connectivity index (χ4v) is 4.02. The van der Waals surface area contributed by atoms with Gasteiger partial charge in [-0.3, -0.25) is 4.79 Å². The SMILES string of the molecule is N#CC1=C(N)OC2=C(C(=O)CCC2)C1c1ccccc1OCc1ccc(Br)cc1. The van der Waals surface area contributed by atoms with Gasteiger partial charge in [0.1, 0.15) is 29.8 Å². The second-order valence-electron chi connectivity index (χ2n) is 6.99. The number of benzene rings is 2. The molecule has 0 amide bonds. The minimum Gasteiger partial charge on any atom is -0.489 e. The highest BCUT2D eigenvalue weighted by Gasteiger charge is 2.39. The molecule has 2 aromatic rings. The number of nitrogens with zero attached hydrogens (tertiary/aromatic N) is 1. The molecule has 1 atom stereocenters. The van der Waals surface area contributed by atoms with Gasteiger partial charge in [0.15, 0.2) is 5.78 Å². The van der Waals surface area contributed by atoms with Gasteiger partial charge in [-0.25, -0.2) is 0 Å². The van der Waals surface area contributed by atoms with Crippen molar-refractivity contribution in [2.24, 2.45) is 5.73 Å². The third kappa shape index (κ3) is 3.79. The van der Waals surface area contributed by atoms with E-state index in [0.717, 1.165) is 22.0 Å². The summed E-state index contributed by atoms with van der Waals surface area (Å²) >= 11 is 3.43. The number of Topliss-reactive ketones (excluding diaryl/α,β-unsaturated/α-hetero) is 1. The van der Waals surface area contributed by atoms with Gasteiger partial charge in [-0.1, -0.05) is 46.3 Å². The second kappa shape index (κ2) is 8.14. The molecule has 0 saturated carbocycles. The molecule has 29 heavy (non-hydrogen) atoms. The molecular formula is C23H19BrN2O3. The molecule has 0 fully saturated rings. The van der Waals surface area contributed by atoms with Crippen LogP contribution in [0.1, 0.15) is 36.3 Å². The number of halogens is 1. The van der Waals surface area contributed by atoms with E-state index in [1.165, 1.54) is 0 Å². The predicted molar refractivity (Wildman–Crippen MR) is 111 cm³/mol. The number of nitriles is 1. The first-order valence-corrected chi connectivity index (χ1v) is 10.2. The van der Waals surface area contributed by atoms with Gasteiger partial charge in [0.2, 0.25) is 5.88 Å². The van der Waals surface area contributed by atoms with E-state index in [2.05, 4.69) is 22.0 Å². The number of hydrogen-bond acceptors (Lipinski definition) is 5. The highest BCUT2D eigenvalue weighted by molar-refractivity contribution is 9.10. The smallest absolute Gasteiger partial charge is 0.205 e. The highest BCUT2D eigenvalue weighted by Crippen LogP contribution is 2.45. The van der Waals surface area contributed by atoms with Crippen molar-refractivity contribution in [2.45, 2.75) is 31.8 Å². The average Bonchev–Trinajstić information content (AvgIpc) is 2.73. The molecule has 1 aliphatic carbocycles. The number of ether oxygens (including phenoxy) is 2. The zero-order valence-electron chi connectivity index (χ0n) is 15.7. The highest BCUT2D eigenvalue weighted by atomic mass is 79.9. The number of hydrogen-bond donors (Lipinski definition) is 1. The predicted octanol–water partition coefficient (Wildman–Crippen LogP) is 4.84. The number of nitrogens with two attached hydrogens (primary N) is 1. The van der Waals surface area contributed by atoms with Gasteiger partial charge in [-0.05, 0) is 30.2 Å². The zero-order valence-corrected chi connectivity index (χ0v) is 17.2. The lowest BCUT2D eigenvalue weighted by Crippen LogP contribution is -2.27. The number of rotatable bonds is 4. The summed E-state index contributed by atoms with van der Waals surface area (Å²) in [5.74, 6) is 0.684. The van der Waals surface area contributed by atoms with E-state index in [-0.39, 0.29) is 17.2 Å². The van der Waals surface area contributed by atoms with Crippen LogP contribution < -0.4 is 10.5 Å². The Morgan fingerprint density at radius 3 is 2.69 bits per heavy atom. The van der Waals surface area contributed by atoms with E-state index in [1.54, 1.807) is 0 Å². The maximum Gasteiger partial charge on any atom is 0.205 e. The van der Waals surface area contributed by atoms with E-state index in [0.29, 0.717) is 36.5 Å². The first kappa shape index (κ1) is 19.3. The summed E-state index contributed by atoms with van der Waals surface area (Å²) in [5.41, 5.74) is 8.58. The lowest BCUT2D eigenvalue weighted by molar-refractivity contribution is -0.116. The molecule has 6 heteroatoms. The van der Waals surface area contributed by atoms with Crippen LogP contribution in [-0.4, -0.2) is 5.78 Å². The van der Waals surface area contributed by atoms with Crippen LogP contribution in [0.5, 0.6) is 5.75 Å². The van der Waals surface area contributed by atoms with E-state index >= 15 is 0 Å². The molecule has 5 nitrogen and oxygen atoms in total. The number of allylic oxidation sites excluding steroid dienone is 3. The van der Waals surface area contributed by atoms with Crippen molar-refractivity contribution in [3.63, 3.8) is 0 Å². The summed E-state index contributed by atoms with van der Waals surface area (Å²) in [6.45, 7) is 0.369. The first-order valence-electron chi connectivity index (χ1n) is 9.38. The molecule has 0 bridgehead atoms. The third-order valence-corrected chi connectivity index (χ3v) is 5.67. The maximum atomic E-state index is 12.7. The van der Waals surface area contributed by atoms with E-state index in [1.807, 2.05) is 48.5 Å². The molecular weight excluding hydrogens is 432 g/mol. The molecule has 0 saturated heterocycles. The Bertz CT molecular complexity index is 1060. The van der Waals surface area contributed by atoms with Gasteiger partial charge in [-0.2, -0.15) is 5.26 Å². The maximum absolute atomic E-state index is 12.7. The molecule has 1 unspecified atom stereocenters. The lowest BCUT2D eigenvalue weighted by Gasteiger charge is -2.31. The third-order valence-electron chi connectivity index (χ3n) is 5.14. The zero-order chi connectivity index (χ0) is 20.4. The largest absolute Gasteiger partial charge is 0.489 e. The molecule has 0 spiro atoms. The number of carbonyl (C=O) groups is 1. The first-order chi connectivity index (χ1) is 14.1. The summed E-state index contributed by atoms with van der Waals surface area (Å²) in [6.07, 6.45) is 1.80. The second-order valence-corrected chi connectivity index (χ2v) is 7.91. The molecule has 1 aliphatic heterocycles. The van der Waals surface area contributed by atoms with E-state index in [9.17, 15) is 10.1 Å². The summed E-state index contributed by atoms with van der Waals surface area (Å²) < 4.78 is 12.7. The van der Waals surface area contributed by atoms with E-state index < -0.39 is 5.92 Å². The van der Waals surface area contributed by atoms with Gasteiger partial charge in [0.25, 0.3) is 0 Å². The van der Waals surface area contributed by atoms with Gasteiger partial charge in [0, 0.05) is 28.5 Å². The summed E-state index contributed by atoms with van der Waals surface area (Å²) in [5, 5.41) is 9.75. The van der Waals surface area contributed by atoms with Crippen molar-refractivity contribution in [1.29, 1.82) is 5.26 Å². The van der Waals surface area contributed by atoms with E-state index in [4.69, 9.17) is 15.2 Å². The van der Waals surface area contributed by atoms with Crippen molar-refractivity contribution >= 4 is 21.7 Å². The van der Waals surface area contributed by atoms with Gasteiger partial charge >= 0.3 is 0 Å². The minimum absolute atomic E-state index is 0.000729. The standard InChI is InChI=1S/C23H19BrN2O3/c24-15-10-8-14(9-11-15)13-28-19-6-2-1-4-16(19)21-17(12-25)23(26)29-20-7-3-5-18(27)22(20)21/h1-2,4,6,8-11,21H,3,5,7,13,26H2. The normalized spacial score (nSPS) is 18.8. The van der Waals surface area contributed by atoms with Crippen LogP contribution in [0.15, 0.2) is 75.8 Å². The van der Waals surface area contributed by atoms with Crippen molar-refractivity contribution < 1.29 is 14.3 Å². The van der Waals surface area contributed by atoms with Crippen molar-refractivity contribution in [3.05, 3.63) is 86.9 Å². The Labute approximate surface area is 177 Å². The number of ketones is 1. The topological polar surface area (TPSA) is 85.3 Å². The monoisotopic (exact) mass is 450 g/mol. The van der Waals surface area contributed by atoms with Gasteiger partial charge in [0.05, 0.1) is 5.92 Å². The number of para-hydroxylation sites is 1. The van der Waals surface area contributed by atoms with Crippen LogP contribution in [0.3, 0.4) is 0 Å². The number of carbonyl (C=O) groups excluding carboxylic acids is 1. The Kier molecular flexibility index (Phi) is 5.41. The van der Waals surface area contributed by atoms with Crippen LogP contribution in [0, 0.1) is 11.3 Å². The molecule has 2 aromatic carbocycles. The van der Waals surface area contributed by atoms with Crippen molar-refractivity contribution in [2.75, 3.05) is 0 Å². The fourth-order valence-electron chi connectivity index (χ4n) is 3.76. The Morgan fingerprint density at radius 2 is 1.93 bits per heavy atom. The Morgan fingerprint density at radius 1 is 1.17 bits per heavy atom. The Hall–Kier alpha value is -3.04. The molecule has 0 radical (unpaired) electrons. The van der Waals surface area contributed by atoms with Crippen molar-refractivity contribution in [3.8, 4) is 11.8 Å². The molecule has 146 valence electrons. The van der Waals surface area contributed by atoms with Crippen LogP contribution in [0.4, 0.5) is 0 Å². The van der Waals surface area contributed by atoms with Crippen LogP contribution in [0.2, 0.25) is 0 Å². The van der Waals surface area contributed by atoms with Crippen LogP contribution in [-0.2, 0) is 16.1 Å². The van der Waals surface area contributed by atoms with Gasteiger partial charge in [-0.15, -0.1) is 0 Å². The molecule has 4 rings (SSSR count). The fraction of sp³-hybridized carbons (Fsp3) is 0.217. The summed E-state index contributed by atoms with van der Waals surface area (Å²) in [4.78, 5) is 12.7. The molecule has 2 aliphatic rings. The van der Waals surface area contributed by atoms with Crippen LogP contribution in [0.25, 0.3) is 0 Å². The molecule has 2 N–H and O–H groups in total. The molecule has 0 aromatic heterocycles.